The largest absolute Gasteiger partial charge is 0.368 e. The second-order valence-electron chi connectivity index (χ2n) is 10.1. The predicted molar refractivity (Wildman–Crippen MR) is 95.8 cm³/mol. The molecule has 138 valence electrons. The Morgan fingerprint density at radius 2 is 1.76 bits per heavy atom. The quantitative estimate of drug-likeness (QED) is 0.709. The third kappa shape index (κ3) is 2.03. The lowest BCUT2D eigenvalue weighted by molar-refractivity contribution is -0.195. The molecule has 1 aliphatic heterocycles. The van der Waals surface area contributed by atoms with Gasteiger partial charge in [0.2, 0.25) is 0 Å². The van der Waals surface area contributed by atoms with Gasteiger partial charge in [0.05, 0.1) is 5.60 Å². The van der Waals surface area contributed by atoms with Gasteiger partial charge < -0.3 is 9.84 Å². The normalized spacial score (nSPS) is 54.8. The molecule has 25 heavy (non-hydrogen) atoms. The lowest BCUT2D eigenvalue weighted by atomic mass is 9.46. The summed E-state index contributed by atoms with van der Waals surface area (Å²) < 4.78 is 6.21. The number of hydrogen-bond donors (Lipinski definition) is 1. The van der Waals surface area contributed by atoms with E-state index in [0.29, 0.717) is 5.78 Å². The summed E-state index contributed by atoms with van der Waals surface area (Å²) in [5.74, 6) is 2.59. The van der Waals surface area contributed by atoms with Crippen molar-refractivity contribution in [2.45, 2.75) is 89.9 Å². The van der Waals surface area contributed by atoms with E-state index >= 15 is 0 Å². The number of aliphatic hydroxyl groups excluding tert-OH is 1. The molecule has 4 fully saturated rings. The summed E-state index contributed by atoms with van der Waals surface area (Å²) in [6.07, 6.45) is 12.3. The van der Waals surface area contributed by atoms with Crippen LogP contribution in [0.3, 0.4) is 0 Å². The minimum atomic E-state index is -0.545. The van der Waals surface area contributed by atoms with Crippen molar-refractivity contribution in [3.8, 4) is 0 Å². The van der Waals surface area contributed by atoms with Gasteiger partial charge in [0.15, 0.2) is 12.1 Å². The standard InChI is InChI=1S/C22H32O3/c1-20-9-5-15(23)13-14(20)3-4-16-17(20)6-10-21(2)18(16)7-11-22(21)12-8-19(24)25-22/h13,16-19,24H,3-12H2,1-2H3/t16-,17+,18+,19-,20+,21-,22-/m1/s1. The molecule has 0 radical (unpaired) electrons. The summed E-state index contributed by atoms with van der Waals surface area (Å²) in [7, 11) is 0. The Morgan fingerprint density at radius 3 is 2.52 bits per heavy atom. The van der Waals surface area contributed by atoms with Crippen LogP contribution in [0.25, 0.3) is 0 Å². The molecule has 7 atom stereocenters. The lowest BCUT2D eigenvalue weighted by Gasteiger charge is -2.59. The Morgan fingerprint density at radius 1 is 1.00 bits per heavy atom. The summed E-state index contributed by atoms with van der Waals surface area (Å²) in [6, 6.07) is 0. The van der Waals surface area contributed by atoms with Crippen molar-refractivity contribution in [3.63, 3.8) is 0 Å². The maximum Gasteiger partial charge on any atom is 0.155 e. The van der Waals surface area contributed by atoms with Crippen LogP contribution in [0.5, 0.6) is 0 Å². The topological polar surface area (TPSA) is 46.5 Å². The van der Waals surface area contributed by atoms with Gasteiger partial charge in [0, 0.05) is 12.8 Å². The van der Waals surface area contributed by atoms with Gasteiger partial charge >= 0.3 is 0 Å². The summed E-state index contributed by atoms with van der Waals surface area (Å²) in [5.41, 5.74) is 1.87. The van der Waals surface area contributed by atoms with Crippen LogP contribution in [-0.2, 0) is 9.53 Å². The van der Waals surface area contributed by atoms with Crippen LogP contribution < -0.4 is 0 Å². The van der Waals surface area contributed by atoms with Crippen molar-refractivity contribution in [3.05, 3.63) is 11.6 Å². The van der Waals surface area contributed by atoms with Crippen molar-refractivity contribution in [1.82, 2.24) is 0 Å². The van der Waals surface area contributed by atoms with Crippen LogP contribution in [0.4, 0.5) is 0 Å². The van der Waals surface area contributed by atoms with E-state index in [1.807, 2.05) is 6.08 Å². The maximum atomic E-state index is 11.9. The zero-order chi connectivity index (χ0) is 17.4. The van der Waals surface area contributed by atoms with Crippen LogP contribution in [0, 0.1) is 28.6 Å². The Balaban J connectivity index is 1.48. The zero-order valence-electron chi connectivity index (χ0n) is 15.7. The molecule has 3 nitrogen and oxygen atoms in total. The number of carbonyl (C=O) groups excluding carboxylic acids is 1. The van der Waals surface area contributed by atoms with Crippen molar-refractivity contribution in [1.29, 1.82) is 0 Å². The molecule has 4 aliphatic carbocycles. The van der Waals surface area contributed by atoms with Gasteiger partial charge in [0.25, 0.3) is 0 Å². The Labute approximate surface area is 151 Å². The van der Waals surface area contributed by atoms with Crippen LogP contribution >= 0.6 is 0 Å². The first kappa shape index (κ1) is 16.5. The minimum Gasteiger partial charge on any atom is -0.368 e. The first-order valence-corrected chi connectivity index (χ1v) is 10.5. The van der Waals surface area contributed by atoms with Gasteiger partial charge in [-0.2, -0.15) is 0 Å². The third-order valence-corrected chi connectivity index (χ3v) is 9.41. The Bertz CT molecular complexity index is 639. The molecule has 0 amide bonds. The van der Waals surface area contributed by atoms with Crippen molar-refractivity contribution >= 4 is 5.78 Å². The average Bonchev–Trinajstić information content (AvgIpc) is 3.10. The highest BCUT2D eigenvalue weighted by atomic mass is 16.6. The van der Waals surface area contributed by atoms with Gasteiger partial charge in [0.1, 0.15) is 0 Å². The number of aliphatic hydroxyl groups is 1. The molecule has 1 spiro atoms. The molecule has 0 aromatic rings. The molecule has 0 aromatic heterocycles. The highest BCUT2D eigenvalue weighted by molar-refractivity contribution is 5.91. The van der Waals surface area contributed by atoms with Crippen LogP contribution in [0.2, 0.25) is 0 Å². The molecule has 0 bridgehead atoms. The molecule has 1 N–H and O–H groups in total. The Kier molecular flexibility index (Phi) is 3.43. The van der Waals surface area contributed by atoms with E-state index in [0.717, 1.165) is 56.3 Å². The second-order valence-corrected chi connectivity index (χ2v) is 10.1. The molecular weight excluding hydrogens is 312 g/mol. The molecule has 1 heterocycles. The van der Waals surface area contributed by atoms with Crippen LogP contribution in [0.1, 0.15) is 78.1 Å². The first-order valence-electron chi connectivity index (χ1n) is 10.5. The summed E-state index contributed by atoms with van der Waals surface area (Å²) in [6.45, 7) is 4.92. The van der Waals surface area contributed by atoms with E-state index in [4.69, 9.17) is 4.74 Å². The lowest BCUT2D eigenvalue weighted by Crippen LogP contribution is -2.54. The van der Waals surface area contributed by atoms with Crippen LogP contribution in [-0.4, -0.2) is 22.8 Å². The van der Waals surface area contributed by atoms with E-state index in [9.17, 15) is 9.90 Å². The van der Waals surface area contributed by atoms with E-state index in [2.05, 4.69) is 13.8 Å². The maximum absolute atomic E-state index is 11.9. The number of allylic oxidation sites excluding steroid dienone is 1. The predicted octanol–water partition coefficient (Wildman–Crippen LogP) is 4.39. The molecule has 0 unspecified atom stereocenters. The Hall–Kier alpha value is -0.670. The fraction of sp³-hybridized carbons (Fsp3) is 0.864. The monoisotopic (exact) mass is 344 g/mol. The van der Waals surface area contributed by atoms with Crippen LogP contribution in [0.15, 0.2) is 11.6 Å². The second kappa shape index (κ2) is 5.19. The fourth-order valence-electron chi connectivity index (χ4n) is 7.99. The fourth-order valence-corrected chi connectivity index (χ4v) is 7.99. The van der Waals surface area contributed by atoms with Gasteiger partial charge in [-0.3, -0.25) is 4.79 Å². The number of ether oxygens (including phenoxy) is 1. The van der Waals surface area contributed by atoms with E-state index in [1.54, 1.807) is 0 Å². The summed E-state index contributed by atoms with van der Waals surface area (Å²) >= 11 is 0. The third-order valence-electron chi connectivity index (χ3n) is 9.41. The average molecular weight is 344 g/mol. The van der Waals surface area contributed by atoms with E-state index in [1.165, 1.54) is 31.3 Å². The highest BCUT2D eigenvalue weighted by Crippen LogP contribution is 2.69. The SMILES string of the molecule is C[C@]12CCC(=O)C=C1CC[C@@H]1[C@@H]2CC[C@]2(C)[C@H]1CC[C@@]21CC[C@H](O)O1. The number of ketones is 1. The molecule has 0 aromatic carbocycles. The number of rotatable bonds is 0. The first-order chi connectivity index (χ1) is 11.9. The van der Waals surface area contributed by atoms with Gasteiger partial charge in [-0.25, -0.2) is 0 Å². The van der Waals surface area contributed by atoms with E-state index < -0.39 is 6.29 Å². The molecule has 1 saturated heterocycles. The molecular formula is C22H32O3. The van der Waals surface area contributed by atoms with Gasteiger partial charge in [-0.15, -0.1) is 0 Å². The number of fused-ring (bicyclic) bond motifs is 6. The number of carbonyl (C=O) groups is 1. The van der Waals surface area contributed by atoms with Crippen molar-refractivity contribution < 1.29 is 14.6 Å². The zero-order valence-corrected chi connectivity index (χ0v) is 15.7. The van der Waals surface area contributed by atoms with E-state index in [-0.39, 0.29) is 16.4 Å². The molecule has 5 rings (SSSR count). The number of hydrogen-bond acceptors (Lipinski definition) is 3. The highest BCUT2D eigenvalue weighted by Gasteiger charge is 2.66. The molecule has 5 aliphatic rings. The minimum absolute atomic E-state index is 0.0679. The summed E-state index contributed by atoms with van der Waals surface area (Å²) in [4.78, 5) is 11.9. The smallest absolute Gasteiger partial charge is 0.155 e. The molecule has 3 saturated carbocycles. The van der Waals surface area contributed by atoms with Gasteiger partial charge in [-0.05, 0) is 86.0 Å². The summed E-state index contributed by atoms with van der Waals surface area (Å²) in [5, 5.41) is 10.1. The van der Waals surface area contributed by atoms with Crippen molar-refractivity contribution in [2.75, 3.05) is 0 Å². The van der Waals surface area contributed by atoms with Crippen molar-refractivity contribution in [2.24, 2.45) is 28.6 Å². The van der Waals surface area contributed by atoms with Gasteiger partial charge in [-0.1, -0.05) is 19.4 Å². The molecule has 3 heteroatoms.